The van der Waals surface area contributed by atoms with Gasteiger partial charge < -0.3 is 24.5 Å². The van der Waals surface area contributed by atoms with Crippen LogP contribution in [0.25, 0.3) is 11.0 Å². The first kappa shape index (κ1) is 20.9. The SMILES string of the molecule is CCOc1ccc2oc(C(=O)OCC(=O)Nc3ccc(NC(C)=O)cc3)c(C)c2c1. The topological polar surface area (TPSA) is 107 Å². The number of rotatable bonds is 7. The summed E-state index contributed by atoms with van der Waals surface area (Å²) in [5.74, 6) is -0.682. The van der Waals surface area contributed by atoms with Crippen molar-refractivity contribution < 1.29 is 28.3 Å². The Morgan fingerprint density at radius 2 is 1.67 bits per heavy atom. The molecule has 0 spiro atoms. The van der Waals surface area contributed by atoms with Crippen LogP contribution in [0.15, 0.2) is 46.9 Å². The van der Waals surface area contributed by atoms with Crippen LogP contribution in [0.3, 0.4) is 0 Å². The molecule has 1 aromatic heterocycles. The molecule has 0 aliphatic rings. The number of nitrogens with one attached hydrogen (secondary N) is 2. The zero-order valence-electron chi connectivity index (χ0n) is 16.9. The number of hydrogen-bond donors (Lipinski definition) is 2. The van der Waals surface area contributed by atoms with Crippen LogP contribution in [0.2, 0.25) is 0 Å². The summed E-state index contributed by atoms with van der Waals surface area (Å²) < 4.78 is 16.2. The van der Waals surface area contributed by atoms with Gasteiger partial charge in [-0.15, -0.1) is 0 Å². The van der Waals surface area contributed by atoms with Gasteiger partial charge in [-0.3, -0.25) is 9.59 Å². The van der Waals surface area contributed by atoms with Crippen LogP contribution in [0.4, 0.5) is 11.4 Å². The monoisotopic (exact) mass is 410 g/mol. The van der Waals surface area contributed by atoms with Gasteiger partial charge >= 0.3 is 5.97 Å². The Balaban J connectivity index is 1.60. The molecule has 8 nitrogen and oxygen atoms in total. The molecule has 3 aromatic rings. The van der Waals surface area contributed by atoms with Crippen molar-refractivity contribution >= 4 is 40.1 Å². The average molecular weight is 410 g/mol. The lowest BCUT2D eigenvalue weighted by molar-refractivity contribution is -0.119. The summed E-state index contributed by atoms with van der Waals surface area (Å²) in [5, 5.41) is 5.99. The summed E-state index contributed by atoms with van der Waals surface area (Å²) in [4.78, 5) is 35.5. The first-order valence-corrected chi connectivity index (χ1v) is 9.38. The number of hydrogen-bond acceptors (Lipinski definition) is 6. The molecule has 0 aliphatic carbocycles. The number of fused-ring (bicyclic) bond motifs is 1. The van der Waals surface area contributed by atoms with Gasteiger partial charge in [0, 0.05) is 29.2 Å². The van der Waals surface area contributed by atoms with Gasteiger partial charge in [0.1, 0.15) is 11.3 Å². The van der Waals surface area contributed by atoms with Gasteiger partial charge in [-0.05, 0) is 56.3 Å². The van der Waals surface area contributed by atoms with Crippen molar-refractivity contribution in [2.75, 3.05) is 23.8 Å². The Labute approximate surface area is 173 Å². The van der Waals surface area contributed by atoms with E-state index in [2.05, 4.69) is 10.6 Å². The van der Waals surface area contributed by atoms with Crippen LogP contribution in [0.1, 0.15) is 30.0 Å². The number of esters is 1. The first-order chi connectivity index (χ1) is 14.4. The number of furan rings is 1. The van der Waals surface area contributed by atoms with E-state index in [0.29, 0.717) is 34.9 Å². The lowest BCUT2D eigenvalue weighted by Gasteiger charge is -2.07. The van der Waals surface area contributed by atoms with Gasteiger partial charge in [-0.2, -0.15) is 0 Å². The fourth-order valence-corrected chi connectivity index (χ4v) is 2.89. The predicted octanol–water partition coefficient (Wildman–Crippen LogP) is 3.89. The minimum atomic E-state index is -0.724. The molecule has 0 saturated carbocycles. The molecule has 156 valence electrons. The Morgan fingerprint density at radius 3 is 2.30 bits per heavy atom. The number of ether oxygens (including phenoxy) is 2. The van der Waals surface area contributed by atoms with Crippen molar-refractivity contribution in [1.82, 2.24) is 0 Å². The van der Waals surface area contributed by atoms with Crippen molar-refractivity contribution in [2.45, 2.75) is 20.8 Å². The number of benzene rings is 2. The number of anilines is 2. The van der Waals surface area contributed by atoms with Crippen LogP contribution in [0.5, 0.6) is 5.75 Å². The first-order valence-electron chi connectivity index (χ1n) is 9.38. The van der Waals surface area contributed by atoms with Gasteiger partial charge in [0.2, 0.25) is 11.7 Å². The molecule has 0 saturated heterocycles. The number of amides is 2. The third-order valence-electron chi connectivity index (χ3n) is 4.23. The van der Waals surface area contributed by atoms with Crippen molar-refractivity contribution in [3.05, 3.63) is 53.8 Å². The van der Waals surface area contributed by atoms with Gasteiger partial charge in [-0.1, -0.05) is 0 Å². The average Bonchev–Trinajstić information content (AvgIpc) is 3.04. The molecule has 0 atom stereocenters. The van der Waals surface area contributed by atoms with Crippen molar-refractivity contribution in [2.24, 2.45) is 0 Å². The number of carbonyl (C=O) groups is 3. The van der Waals surface area contributed by atoms with E-state index in [1.165, 1.54) is 6.92 Å². The maximum Gasteiger partial charge on any atom is 0.375 e. The molecule has 0 bridgehead atoms. The predicted molar refractivity (Wildman–Crippen MR) is 112 cm³/mol. The van der Waals surface area contributed by atoms with E-state index < -0.39 is 18.5 Å². The normalized spacial score (nSPS) is 10.5. The maximum absolute atomic E-state index is 12.4. The third-order valence-corrected chi connectivity index (χ3v) is 4.23. The van der Waals surface area contributed by atoms with E-state index >= 15 is 0 Å². The van der Waals surface area contributed by atoms with Gasteiger partial charge in [-0.25, -0.2) is 4.79 Å². The fraction of sp³-hybridized carbons (Fsp3) is 0.227. The third kappa shape index (κ3) is 4.96. The van der Waals surface area contributed by atoms with E-state index in [1.54, 1.807) is 49.4 Å². The van der Waals surface area contributed by atoms with Gasteiger partial charge in [0.25, 0.3) is 5.91 Å². The molecule has 0 aliphatic heterocycles. The molecule has 1 heterocycles. The standard InChI is InChI=1S/C22H22N2O6/c1-4-28-17-9-10-19-18(11-17)13(2)21(30-19)22(27)29-12-20(26)24-16-7-5-15(6-8-16)23-14(3)25/h5-11H,4,12H2,1-3H3,(H,23,25)(H,24,26). The van der Waals surface area contributed by atoms with Crippen molar-refractivity contribution in [1.29, 1.82) is 0 Å². The molecule has 3 rings (SSSR count). The largest absolute Gasteiger partial charge is 0.494 e. The maximum atomic E-state index is 12.4. The highest BCUT2D eigenvalue weighted by Gasteiger charge is 2.20. The summed E-state index contributed by atoms with van der Waals surface area (Å²) in [6.45, 7) is 5.10. The van der Waals surface area contributed by atoms with Crippen molar-refractivity contribution in [3.8, 4) is 5.75 Å². The molecule has 0 unspecified atom stereocenters. The van der Waals surface area contributed by atoms with Crippen LogP contribution in [-0.2, 0) is 14.3 Å². The zero-order chi connectivity index (χ0) is 21.7. The van der Waals surface area contributed by atoms with Crippen LogP contribution in [-0.4, -0.2) is 31.0 Å². The van der Waals surface area contributed by atoms with Crippen LogP contribution >= 0.6 is 0 Å². The highest BCUT2D eigenvalue weighted by molar-refractivity contribution is 5.98. The lowest BCUT2D eigenvalue weighted by Crippen LogP contribution is -2.21. The number of aryl methyl sites for hydroxylation is 1. The Morgan fingerprint density at radius 1 is 1.00 bits per heavy atom. The fourth-order valence-electron chi connectivity index (χ4n) is 2.89. The van der Waals surface area contributed by atoms with E-state index in [4.69, 9.17) is 13.9 Å². The van der Waals surface area contributed by atoms with E-state index in [1.807, 2.05) is 6.92 Å². The summed E-state index contributed by atoms with van der Waals surface area (Å²) in [7, 11) is 0. The van der Waals surface area contributed by atoms with Crippen molar-refractivity contribution in [3.63, 3.8) is 0 Å². The molecule has 30 heavy (non-hydrogen) atoms. The van der Waals surface area contributed by atoms with E-state index in [0.717, 1.165) is 5.39 Å². The van der Waals surface area contributed by atoms with Gasteiger partial charge in [0.05, 0.1) is 6.61 Å². The summed E-state index contributed by atoms with van der Waals surface area (Å²) in [6.07, 6.45) is 0. The van der Waals surface area contributed by atoms with E-state index in [9.17, 15) is 14.4 Å². The van der Waals surface area contributed by atoms with E-state index in [-0.39, 0.29) is 11.7 Å². The molecule has 0 radical (unpaired) electrons. The minimum absolute atomic E-state index is 0.0473. The second kappa shape index (κ2) is 9.13. The smallest absolute Gasteiger partial charge is 0.375 e. The quantitative estimate of drug-likeness (QED) is 0.572. The second-order valence-corrected chi connectivity index (χ2v) is 6.53. The molecule has 8 heteroatoms. The van der Waals surface area contributed by atoms with Crippen LogP contribution in [0, 0.1) is 6.92 Å². The molecular formula is C22H22N2O6. The Bertz CT molecular complexity index is 1080. The molecule has 0 fully saturated rings. The zero-order valence-corrected chi connectivity index (χ0v) is 16.9. The van der Waals surface area contributed by atoms with Gasteiger partial charge in [0.15, 0.2) is 6.61 Å². The highest BCUT2D eigenvalue weighted by atomic mass is 16.5. The molecule has 2 aromatic carbocycles. The molecule has 2 amide bonds. The Hall–Kier alpha value is -3.81. The summed E-state index contributed by atoms with van der Waals surface area (Å²) in [6, 6.07) is 11.8. The number of carbonyl (C=O) groups excluding carboxylic acids is 3. The minimum Gasteiger partial charge on any atom is -0.494 e. The van der Waals surface area contributed by atoms with Crippen LogP contribution < -0.4 is 15.4 Å². The Kier molecular flexibility index (Phi) is 6.36. The second-order valence-electron chi connectivity index (χ2n) is 6.53. The highest BCUT2D eigenvalue weighted by Crippen LogP contribution is 2.29. The molecular weight excluding hydrogens is 388 g/mol. The lowest BCUT2D eigenvalue weighted by atomic mass is 10.1. The summed E-state index contributed by atoms with van der Waals surface area (Å²) >= 11 is 0. The molecule has 2 N–H and O–H groups in total. The summed E-state index contributed by atoms with van der Waals surface area (Å²) in [5.41, 5.74) is 2.27.